The molecule has 0 saturated carbocycles. The molecule has 1 heterocycles. The molecule has 0 aliphatic heterocycles. The molecule has 2 aromatic carbocycles. The predicted molar refractivity (Wildman–Crippen MR) is 85.3 cm³/mol. The Morgan fingerprint density at radius 3 is 2.65 bits per heavy atom. The summed E-state index contributed by atoms with van der Waals surface area (Å²) in [5.74, 6) is 0. The highest BCUT2D eigenvalue weighted by Crippen LogP contribution is 2.25. The van der Waals surface area contributed by atoms with Crippen molar-refractivity contribution in [1.82, 2.24) is 4.98 Å². The first-order chi connectivity index (χ1) is 9.74. The van der Waals surface area contributed by atoms with E-state index in [9.17, 15) is 0 Å². The topological polar surface area (TPSA) is 24.9 Å². The van der Waals surface area contributed by atoms with E-state index in [4.69, 9.17) is 11.6 Å². The van der Waals surface area contributed by atoms with Crippen molar-refractivity contribution in [1.29, 1.82) is 0 Å². The van der Waals surface area contributed by atoms with Crippen LogP contribution in [0.5, 0.6) is 0 Å². The summed E-state index contributed by atoms with van der Waals surface area (Å²) in [6.45, 7) is 2.81. The number of halogens is 1. The molecule has 3 rings (SSSR count). The molecule has 20 heavy (non-hydrogen) atoms. The van der Waals surface area contributed by atoms with Crippen molar-refractivity contribution in [3.05, 3.63) is 70.9 Å². The fraction of sp³-hybridized carbons (Fsp3) is 0.118. The molecule has 0 atom stereocenters. The van der Waals surface area contributed by atoms with Gasteiger partial charge in [-0.1, -0.05) is 35.4 Å². The Hall–Kier alpha value is -2.06. The van der Waals surface area contributed by atoms with Crippen LogP contribution in [0.15, 0.2) is 54.7 Å². The monoisotopic (exact) mass is 282 g/mol. The zero-order valence-electron chi connectivity index (χ0n) is 11.2. The van der Waals surface area contributed by atoms with Crippen molar-refractivity contribution in [2.75, 3.05) is 5.32 Å². The summed E-state index contributed by atoms with van der Waals surface area (Å²) in [5.41, 5.74) is 4.47. The SMILES string of the molecule is Cc1ccc(NCc2ccc(Cl)c3cccnc23)cc1. The fourth-order valence-corrected chi connectivity index (χ4v) is 2.42. The predicted octanol–water partition coefficient (Wildman–Crippen LogP) is 4.81. The lowest BCUT2D eigenvalue weighted by Gasteiger charge is -2.10. The van der Waals surface area contributed by atoms with E-state index >= 15 is 0 Å². The molecule has 0 fully saturated rings. The Morgan fingerprint density at radius 1 is 1.05 bits per heavy atom. The minimum atomic E-state index is 0.730. The zero-order chi connectivity index (χ0) is 13.9. The number of rotatable bonds is 3. The number of nitrogens with one attached hydrogen (secondary N) is 1. The van der Waals surface area contributed by atoms with Gasteiger partial charge in [0.05, 0.1) is 5.52 Å². The summed E-state index contributed by atoms with van der Waals surface area (Å²) in [7, 11) is 0. The Balaban J connectivity index is 1.88. The van der Waals surface area contributed by atoms with E-state index in [2.05, 4.69) is 41.5 Å². The van der Waals surface area contributed by atoms with Gasteiger partial charge in [-0.25, -0.2) is 0 Å². The number of fused-ring (bicyclic) bond motifs is 1. The first kappa shape index (κ1) is 12.9. The molecule has 0 bridgehead atoms. The highest BCUT2D eigenvalue weighted by atomic mass is 35.5. The van der Waals surface area contributed by atoms with Gasteiger partial charge in [0.2, 0.25) is 0 Å². The Bertz CT molecular complexity index is 736. The standard InChI is InChI=1S/C17H15ClN2/c1-12-4-7-14(8-5-12)20-11-13-6-9-16(18)15-3-2-10-19-17(13)15/h2-10,20H,11H2,1H3. The molecule has 100 valence electrons. The highest BCUT2D eigenvalue weighted by molar-refractivity contribution is 6.35. The number of nitrogens with zero attached hydrogens (tertiary/aromatic N) is 1. The summed E-state index contributed by atoms with van der Waals surface area (Å²) >= 11 is 6.20. The maximum absolute atomic E-state index is 6.20. The van der Waals surface area contributed by atoms with E-state index in [1.165, 1.54) is 5.56 Å². The number of hydrogen-bond donors (Lipinski definition) is 1. The summed E-state index contributed by atoms with van der Waals surface area (Å²) < 4.78 is 0. The summed E-state index contributed by atoms with van der Waals surface area (Å²) in [6, 6.07) is 16.2. The molecule has 0 aliphatic carbocycles. The van der Waals surface area contributed by atoms with Crippen molar-refractivity contribution in [2.45, 2.75) is 13.5 Å². The third kappa shape index (κ3) is 2.61. The number of aryl methyl sites for hydroxylation is 1. The maximum Gasteiger partial charge on any atom is 0.0766 e. The van der Waals surface area contributed by atoms with Gasteiger partial charge in [0.25, 0.3) is 0 Å². The molecule has 0 radical (unpaired) electrons. The van der Waals surface area contributed by atoms with Crippen LogP contribution >= 0.6 is 11.6 Å². The third-order valence-electron chi connectivity index (χ3n) is 3.33. The number of anilines is 1. The second kappa shape index (κ2) is 5.51. The summed E-state index contributed by atoms with van der Waals surface area (Å²) in [5, 5.41) is 5.16. The number of benzene rings is 2. The van der Waals surface area contributed by atoms with Crippen LogP contribution in [0.1, 0.15) is 11.1 Å². The molecule has 1 aromatic heterocycles. The second-order valence-corrected chi connectivity index (χ2v) is 5.23. The van der Waals surface area contributed by atoms with Gasteiger partial charge in [0.1, 0.15) is 0 Å². The molecule has 0 aliphatic rings. The molecule has 1 N–H and O–H groups in total. The Kier molecular flexibility index (Phi) is 3.57. The zero-order valence-corrected chi connectivity index (χ0v) is 12.0. The van der Waals surface area contributed by atoms with Crippen LogP contribution in [-0.4, -0.2) is 4.98 Å². The van der Waals surface area contributed by atoms with Gasteiger partial charge >= 0.3 is 0 Å². The van der Waals surface area contributed by atoms with E-state index < -0.39 is 0 Å². The van der Waals surface area contributed by atoms with Crippen LogP contribution in [-0.2, 0) is 6.54 Å². The van der Waals surface area contributed by atoms with Crippen LogP contribution < -0.4 is 5.32 Å². The fourth-order valence-electron chi connectivity index (χ4n) is 2.21. The first-order valence-corrected chi connectivity index (χ1v) is 6.94. The molecule has 0 spiro atoms. The average Bonchev–Trinajstić information content (AvgIpc) is 2.49. The molecule has 0 saturated heterocycles. The molecular weight excluding hydrogens is 268 g/mol. The minimum Gasteiger partial charge on any atom is -0.381 e. The lowest BCUT2D eigenvalue weighted by molar-refractivity contribution is 1.15. The third-order valence-corrected chi connectivity index (χ3v) is 3.66. The highest BCUT2D eigenvalue weighted by Gasteiger charge is 2.05. The number of aromatic nitrogens is 1. The smallest absolute Gasteiger partial charge is 0.0766 e. The molecular formula is C17H15ClN2. The van der Waals surface area contributed by atoms with Gasteiger partial charge in [-0.2, -0.15) is 0 Å². The maximum atomic E-state index is 6.20. The lowest BCUT2D eigenvalue weighted by atomic mass is 10.1. The van der Waals surface area contributed by atoms with Crippen LogP contribution in [0.3, 0.4) is 0 Å². The van der Waals surface area contributed by atoms with Crippen molar-refractivity contribution in [2.24, 2.45) is 0 Å². The van der Waals surface area contributed by atoms with Crippen LogP contribution in [0, 0.1) is 6.92 Å². The van der Waals surface area contributed by atoms with Gasteiger partial charge in [0.15, 0.2) is 0 Å². The largest absolute Gasteiger partial charge is 0.381 e. The van der Waals surface area contributed by atoms with Crippen LogP contribution in [0.25, 0.3) is 10.9 Å². The van der Waals surface area contributed by atoms with Crippen molar-refractivity contribution < 1.29 is 0 Å². The minimum absolute atomic E-state index is 0.730. The van der Waals surface area contributed by atoms with Gasteiger partial charge < -0.3 is 5.32 Å². The molecule has 0 unspecified atom stereocenters. The summed E-state index contributed by atoms with van der Waals surface area (Å²) in [4.78, 5) is 4.44. The quantitative estimate of drug-likeness (QED) is 0.746. The van der Waals surface area contributed by atoms with Crippen LogP contribution in [0.2, 0.25) is 5.02 Å². The van der Waals surface area contributed by atoms with E-state index in [-0.39, 0.29) is 0 Å². The van der Waals surface area contributed by atoms with E-state index in [1.807, 2.05) is 24.3 Å². The second-order valence-electron chi connectivity index (χ2n) is 4.83. The van der Waals surface area contributed by atoms with E-state index in [0.717, 1.165) is 33.7 Å². The lowest BCUT2D eigenvalue weighted by Crippen LogP contribution is -2.01. The first-order valence-electron chi connectivity index (χ1n) is 6.57. The molecule has 3 heteroatoms. The molecule has 2 nitrogen and oxygen atoms in total. The van der Waals surface area contributed by atoms with Crippen molar-refractivity contribution in [3.63, 3.8) is 0 Å². The van der Waals surface area contributed by atoms with E-state index in [1.54, 1.807) is 6.20 Å². The van der Waals surface area contributed by atoms with Crippen molar-refractivity contribution >= 4 is 28.2 Å². The van der Waals surface area contributed by atoms with Gasteiger partial charge in [-0.3, -0.25) is 4.98 Å². The van der Waals surface area contributed by atoms with E-state index in [0.29, 0.717) is 0 Å². The molecule has 0 amide bonds. The van der Waals surface area contributed by atoms with Gasteiger partial charge in [-0.15, -0.1) is 0 Å². The Labute approximate surface area is 123 Å². The number of hydrogen-bond acceptors (Lipinski definition) is 2. The average molecular weight is 283 g/mol. The van der Waals surface area contributed by atoms with Crippen LogP contribution in [0.4, 0.5) is 5.69 Å². The van der Waals surface area contributed by atoms with Gasteiger partial charge in [-0.05, 0) is 42.8 Å². The number of pyridine rings is 1. The Morgan fingerprint density at radius 2 is 1.85 bits per heavy atom. The summed E-state index contributed by atoms with van der Waals surface area (Å²) in [6.07, 6.45) is 1.80. The van der Waals surface area contributed by atoms with Gasteiger partial charge in [0, 0.05) is 28.8 Å². The normalized spacial score (nSPS) is 10.7. The molecule has 3 aromatic rings. The van der Waals surface area contributed by atoms with Crippen molar-refractivity contribution in [3.8, 4) is 0 Å².